The van der Waals surface area contributed by atoms with Crippen LogP contribution in [0.2, 0.25) is 0 Å². The molecule has 5 heteroatoms. The summed E-state index contributed by atoms with van der Waals surface area (Å²) in [5.41, 5.74) is 0.992. The minimum Gasteiger partial charge on any atom is -0.310 e. The molecule has 1 N–H and O–H groups in total. The molecule has 0 aliphatic carbocycles. The molecule has 0 aromatic carbocycles. The molecule has 0 fully saturated rings. The molecular weight excluding hydrogens is 178 g/mol. The Balaban J connectivity index is 2.10. The molecule has 0 unspecified atom stereocenters. The first-order chi connectivity index (χ1) is 6.72. The van der Waals surface area contributed by atoms with Gasteiger partial charge in [0.2, 0.25) is 0 Å². The van der Waals surface area contributed by atoms with Crippen molar-refractivity contribution in [2.75, 3.05) is 26.7 Å². The summed E-state index contributed by atoms with van der Waals surface area (Å²) in [6.07, 6.45) is 1.93. The summed E-state index contributed by atoms with van der Waals surface area (Å²) in [5, 5.41) is 11.2. The second-order valence-corrected chi connectivity index (χ2v) is 3.46. The molecule has 0 aliphatic heterocycles. The lowest BCUT2D eigenvalue weighted by molar-refractivity contribution is 0.348. The lowest BCUT2D eigenvalue weighted by Crippen LogP contribution is -2.28. The van der Waals surface area contributed by atoms with Crippen molar-refractivity contribution >= 4 is 0 Å². The van der Waals surface area contributed by atoms with Gasteiger partial charge in [-0.1, -0.05) is 12.1 Å². The summed E-state index contributed by atoms with van der Waals surface area (Å²) >= 11 is 0. The van der Waals surface area contributed by atoms with Gasteiger partial charge in [-0.2, -0.15) is 0 Å². The SMILES string of the molecule is CCN(C)CCNCc1cn(C)nn1. The average molecular weight is 197 g/mol. The van der Waals surface area contributed by atoms with E-state index in [0.717, 1.165) is 31.9 Å². The van der Waals surface area contributed by atoms with Crippen LogP contribution in [0.4, 0.5) is 0 Å². The molecule has 5 nitrogen and oxygen atoms in total. The van der Waals surface area contributed by atoms with Gasteiger partial charge in [-0.15, -0.1) is 5.10 Å². The Bertz CT molecular complexity index is 257. The quantitative estimate of drug-likeness (QED) is 0.645. The van der Waals surface area contributed by atoms with Crippen LogP contribution in [0.25, 0.3) is 0 Å². The van der Waals surface area contributed by atoms with Gasteiger partial charge in [0.25, 0.3) is 0 Å². The number of hydrogen-bond acceptors (Lipinski definition) is 4. The maximum atomic E-state index is 3.99. The Morgan fingerprint density at radius 3 is 2.93 bits per heavy atom. The number of aryl methyl sites for hydroxylation is 1. The number of nitrogens with zero attached hydrogens (tertiary/aromatic N) is 4. The zero-order chi connectivity index (χ0) is 10.4. The van der Waals surface area contributed by atoms with Crippen LogP contribution in [0.1, 0.15) is 12.6 Å². The lowest BCUT2D eigenvalue weighted by Gasteiger charge is -2.13. The molecule has 0 spiro atoms. The zero-order valence-corrected chi connectivity index (χ0v) is 9.19. The number of nitrogens with one attached hydrogen (secondary N) is 1. The maximum Gasteiger partial charge on any atom is 0.0964 e. The smallest absolute Gasteiger partial charge is 0.0964 e. The molecule has 80 valence electrons. The van der Waals surface area contributed by atoms with Gasteiger partial charge in [-0.3, -0.25) is 4.68 Å². The molecule has 0 saturated heterocycles. The number of rotatable bonds is 6. The maximum absolute atomic E-state index is 3.99. The summed E-state index contributed by atoms with van der Waals surface area (Å²) < 4.78 is 1.72. The van der Waals surface area contributed by atoms with E-state index in [1.165, 1.54) is 0 Å². The van der Waals surface area contributed by atoms with Crippen LogP contribution in [-0.4, -0.2) is 46.6 Å². The van der Waals surface area contributed by atoms with Gasteiger partial charge < -0.3 is 10.2 Å². The van der Waals surface area contributed by atoms with Crippen molar-refractivity contribution in [3.63, 3.8) is 0 Å². The Morgan fingerprint density at radius 1 is 1.57 bits per heavy atom. The third kappa shape index (κ3) is 3.85. The molecule has 1 aromatic heterocycles. The van der Waals surface area contributed by atoms with Crippen molar-refractivity contribution < 1.29 is 0 Å². The minimum absolute atomic E-state index is 0.797. The average Bonchev–Trinajstić information content (AvgIpc) is 2.58. The molecule has 1 aromatic rings. The van der Waals surface area contributed by atoms with Gasteiger partial charge in [-0.25, -0.2) is 0 Å². The van der Waals surface area contributed by atoms with Crippen LogP contribution in [0.3, 0.4) is 0 Å². The predicted molar refractivity (Wildman–Crippen MR) is 55.9 cm³/mol. The van der Waals surface area contributed by atoms with E-state index in [1.54, 1.807) is 4.68 Å². The number of hydrogen-bond donors (Lipinski definition) is 1. The third-order valence-electron chi connectivity index (χ3n) is 2.17. The second kappa shape index (κ2) is 5.72. The highest BCUT2D eigenvalue weighted by Gasteiger charge is 1.97. The van der Waals surface area contributed by atoms with Crippen LogP contribution >= 0.6 is 0 Å². The zero-order valence-electron chi connectivity index (χ0n) is 9.19. The van der Waals surface area contributed by atoms with E-state index in [9.17, 15) is 0 Å². The summed E-state index contributed by atoms with van der Waals surface area (Å²) in [7, 11) is 3.99. The van der Waals surface area contributed by atoms with Crippen LogP contribution in [0, 0.1) is 0 Å². The first-order valence-electron chi connectivity index (χ1n) is 4.97. The van der Waals surface area contributed by atoms with E-state index in [4.69, 9.17) is 0 Å². The lowest BCUT2D eigenvalue weighted by atomic mass is 10.4. The number of likely N-dealkylation sites (N-methyl/N-ethyl adjacent to an activating group) is 1. The van der Waals surface area contributed by atoms with Crippen LogP contribution in [0.15, 0.2) is 6.20 Å². The molecule has 0 atom stereocenters. The monoisotopic (exact) mass is 197 g/mol. The Hall–Kier alpha value is -0.940. The van der Waals surface area contributed by atoms with Gasteiger partial charge in [0.15, 0.2) is 0 Å². The summed E-state index contributed by atoms with van der Waals surface area (Å²) in [6, 6.07) is 0. The second-order valence-electron chi connectivity index (χ2n) is 3.46. The van der Waals surface area contributed by atoms with Crippen molar-refractivity contribution in [1.82, 2.24) is 25.2 Å². The largest absolute Gasteiger partial charge is 0.310 e. The molecule has 0 amide bonds. The topological polar surface area (TPSA) is 46.0 Å². The van der Waals surface area contributed by atoms with Gasteiger partial charge in [0.05, 0.1) is 5.69 Å². The van der Waals surface area contributed by atoms with Gasteiger partial charge >= 0.3 is 0 Å². The summed E-state index contributed by atoms with van der Waals surface area (Å²) in [5.74, 6) is 0. The van der Waals surface area contributed by atoms with Crippen molar-refractivity contribution in [3.8, 4) is 0 Å². The van der Waals surface area contributed by atoms with E-state index in [2.05, 4.69) is 34.5 Å². The Labute approximate surface area is 85.1 Å². The van der Waals surface area contributed by atoms with Gasteiger partial charge in [-0.05, 0) is 13.6 Å². The minimum atomic E-state index is 0.797. The molecule has 0 aliphatic rings. The van der Waals surface area contributed by atoms with Crippen LogP contribution in [-0.2, 0) is 13.6 Å². The molecule has 0 saturated carbocycles. The van der Waals surface area contributed by atoms with Crippen LogP contribution in [0.5, 0.6) is 0 Å². The van der Waals surface area contributed by atoms with Crippen molar-refractivity contribution in [2.24, 2.45) is 7.05 Å². The third-order valence-corrected chi connectivity index (χ3v) is 2.17. The molecule has 1 heterocycles. The highest BCUT2D eigenvalue weighted by molar-refractivity contribution is 4.90. The fraction of sp³-hybridized carbons (Fsp3) is 0.778. The van der Waals surface area contributed by atoms with Crippen LogP contribution < -0.4 is 5.32 Å². The van der Waals surface area contributed by atoms with Gasteiger partial charge in [0.1, 0.15) is 0 Å². The Kier molecular flexibility index (Phi) is 4.55. The first kappa shape index (κ1) is 11.1. The summed E-state index contributed by atoms with van der Waals surface area (Å²) in [6.45, 7) is 6.10. The van der Waals surface area contributed by atoms with Crippen molar-refractivity contribution in [1.29, 1.82) is 0 Å². The highest BCUT2D eigenvalue weighted by atomic mass is 15.4. The first-order valence-corrected chi connectivity index (χ1v) is 4.97. The standard InChI is InChI=1S/C9H19N5/c1-4-13(2)6-5-10-7-9-8-14(3)12-11-9/h8,10H,4-7H2,1-3H3. The molecule has 0 radical (unpaired) electrons. The van der Waals surface area contributed by atoms with E-state index < -0.39 is 0 Å². The van der Waals surface area contributed by atoms with Crippen molar-refractivity contribution in [3.05, 3.63) is 11.9 Å². The highest BCUT2D eigenvalue weighted by Crippen LogP contribution is 1.89. The molecule has 0 bridgehead atoms. The molecular formula is C9H19N5. The fourth-order valence-corrected chi connectivity index (χ4v) is 1.12. The van der Waals surface area contributed by atoms with Gasteiger partial charge in [0, 0.05) is 32.9 Å². The molecule has 1 rings (SSSR count). The predicted octanol–water partition coefficient (Wildman–Crippen LogP) is -0.144. The van der Waals surface area contributed by atoms with E-state index in [0.29, 0.717) is 0 Å². The van der Waals surface area contributed by atoms with E-state index in [1.807, 2.05) is 13.2 Å². The van der Waals surface area contributed by atoms with Crippen molar-refractivity contribution in [2.45, 2.75) is 13.5 Å². The summed E-state index contributed by atoms with van der Waals surface area (Å²) in [4.78, 5) is 2.27. The van der Waals surface area contributed by atoms with E-state index >= 15 is 0 Å². The van der Waals surface area contributed by atoms with E-state index in [-0.39, 0.29) is 0 Å². The number of aromatic nitrogens is 3. The normalized spacial score (nSPS) is 11.1. The Morgan fingerprint density at radius 2 is 2.36 bits per heavy atom. The fourth-order valence-electron chi connectivity index (χ4n) is 1.12. The molecule has 14 heavy (non-hydrogen) atoms.